The fourth-order valence-electron chi connectivity index (χ4n) is 5.45. The van der Waals surface area contributed by atoms with E-state index in [9.17, 15) is 9.59 Å². The van der Waals surface area contributed by atoms with Crippen molar-refractivity contribution in [1.82, 2.24) is 5.32 Å². The third-order valence-electron chi connectivity index (χ3n) is 7.42. The van der Waals surface area contributed by atoms with E-state index in [1.165, 1.54) is 29.4 Å². The largest absolute Gasteiger partial charge is 0.469 e. The molecule has 37 heavy (non-hydrogen) atoms. The lowest BCUT2D eigenvalue weighted by molar-refractivity contribution is -0.139. The quantitative estimate of drug-likeness (QED) is 0.504. The van der Waals surface area contributed by atoms with Crippen LogP contribution in [-0.2, 0) is 20.7 Å². The molecule has 0 atom stereocenters. The van der Waals surface area contributed by atoms with E-state index < -0.39 is 6.09 Å². The number of esters is 1. The van der Waals surface area contributed by atoms with E-state index in [0.29, 0.717) is 0 Å². The van der Waals surface area contributed by atoms with Crippen LogP contribution in [0.3, 0.4) is 0 Å². The van der Waals surface area contributed by atoms with Gasteiger partial charge in [0.15, 0.2) is 0 Å². The van der Waals surface area contributed by atoms with Crippen molar-refractivity contribution in [3.8, 4) is 11.1 Å². The number of hydrogen-bond acceptors (Lipinski definition) is 6. The predicted octanol–water partition coefficient (Wildman–Crippen LogP) is 4.51. The lowest BCUT2D eigenvalue weighted by atomic mass is 9.98. The van der Waals surface area contributed by atoms with E-state index in [1.807, 2.05) is 43.3 Å². The molecular weight excluding hydrogens is 466 g/mol. The second-order valence-electron chi connectivity index (χ2n) is 9.61. The molecule has 0 aromatic heterocycles. The van der Waals surface area contributed by atoms with Crippen molar-refractivity contribution >= 4 is 23.4 Å². The average Bonchev–Trinajstić information content (AvgIpc) is 3.26. The number of amides is 1. The lowest BCUT2D eigenvalue weighted by Crippen LogP contribution is -2.44. The van der Waals surface area contributed by atoms with Gasteiger partial charge in [0, 0.05) is 44.8 Å². The van der Waals surface area contributed by atoms with Crippen molar-refractivity contribution < 1.29 is 19.1 Å². The molecule has 1 amide bonds. The first-order valence-electron chi connectivity index (χ1n) is 12.7. The second-order valence-corrected chi connectivity index (χ2v) is 9.61. The van der Waals surface area contributed by atoms with Gasteiger partial charge in [0.05, 0.1) is 19.2 Å². The molecule has 0 bridgehead atoms. The van der Waals surface area contributed by atoms with Crippen LogP contribution in [0.25, 0.3) is 11.1 Å². The highest BCUT2D eigenvalue weighted by molar-refractivity contribution is 5.90. The summed E-state index contributed by atoms with van der Waals surface area (Å²) in [5.74, 6) is -0.322. The Hall–Kier alpha value is -3.84. The number of rotatable bonds is 6. The SMILES string of the molecule is COC(=O)Cc1cc(N2CCNCC2)c(C)c(N(C)C(=O)OCC2c3ccccc3-c3ccccc32)c1. The first-order chi connectivity index (χ1) is 18.0. The molecule has 7 nitrogen and oxygen atoms in total. The van der Waals surface area contributed by atoms with Crippen LogP contribution in [0.15, 0.2) is 60.7 Å². The van der Waals surface area contributed by atoms with E-state index in [1.54, 1.807) is 11.9 Å². The smallest absolute Gasteiger partial charge is 0.414 e. The molecule has 1 heterocycles. The summed E-state index contributed by atoms with van der Waals surface area (Å²) in [5, 5.41) is 3.37. The van der Waals surface area contributed by atoms with Crippen molar-refractivity contribution in [2.24, 2.45) is 0 Å². The van der Waals surface area contributed by atoms with Gasteiger partial charge in [0.2, 0.25) is 0 Å². The maximum atomic E-state index is 13.3. The molecule has 1 N–H and O–H groups in total. The Morgan fingerprint density at radius 2 is 1.62 bits per heavy atom. The zero-order valence-electron chi connectivity index (χ0n) is 21.6. The summed E-state index contributed by atoms with van der Waals surface area (Å²) in [6.07, 6.45) is -0.284. The van der Waals surface area contributed by atoms with Crippen molar-refractivity contribution in [2.75, 3.05) is 56.7 Å². The Bertz CT molecular complexity index is 1270. The maximum absolute atomic E-state index is 13.3. The number of nitrogens with zero attached hydrogens (tertiary/aromatic N) is 2. The van der Waals surface area contributed by atoms with Gasteiger partial charge in [-0.15, -0.1) is 0 Å². The lowest BCUT2D eigenvalue weighted by Gasteiger charge is -2.33. The minimum Gasteiger partial charge on any atom is -0.469 e. The summed E-state index contributed by atoms with van der Waals surface area (Å²) >= 11 is 0. The van der Waals surface area contributed by atoms with Crippen LogP contribution in [0.5, 0.6) is 0 Å². The minimum atomic E-state index is -0.425. The Kier molecular flexibility index (Phi) is 7.15. The zero-order valence-corrected chi connectivity index (χ0v) is 21.6. The first kappa shape index (κ1) is 24.8. The summed E-state index contributed by atoms with van der Waals surface area (Å²) in [6, 6.07) is 20.5. The maximum Gasteiger partial charge on any atom is 0.414 e. The van der Waals surface area contributed by atoms with Gasteiger partial charge in [0.1, 0.15) is 6.61 Å². The van der Waals surface area contributed by atoms with Gasteiger partial charge in [-0.2, -0.15) is 0 Å². The Labute approximate surface area is 218 Å². The van der Waals surface area contributed by atoms with Crippen molar-refractivity contribution in [2.45, 2.75) is 19.3 Å². The van der Waals surface area contributed by atoms with Gasteiger partial charge < -0.3 is 19.7 Å². The van der Waals surface area contributed by atoms with Crippen LogP contribution < -0.4 is 15.1 Å². The van der Waals surface area contributed by atoms with Gasteiger partial charge in [-0.25, -0.2) is 4.79 Å². The number of carbonyl (C=O) groups is 2. The summed E-state index contributed by atoms with van der Waals surface area (Å²) < 4.78 is 10.8. The zero-order chi connectivity index (χ0) is 25.9. The number of hydrogen-bond donors (Lipinski definition) is 1. The fourth-order valence-corrected chi connectivity index (χ4v) is 5.45. The molecule has 3 aromatic carbocycles. The molecule has 0 radical (unpaired) electrons. The van der Waals surface area contributed by atoms with Gasteiger partial charge in [-0.3, -0.25) is 9.69 Å². The van der Waals surface area contributed by atoms with Gasteiger partial charge in [-0.1, -0.05) is 48.5 Å². The van der Waals surface area contributed by atoms with Crippen LogP contribution in [0.2, 0.25) is 0 Å². The monoisotopic (exact) mass is 499 g/mol. The molecule has 1 fully saturated rings. The summed E-state index contributed by atoms with van der Waals surface area (Å²) in [5.41, 5.74) is 8.28. The van der Waals surface area contributed by atoms with E-state index in [0.717, 1.165) is 48.7 Å². The number of ether oxygens (including phenoxy) is 2. The molecule has 2 aliphatic rings. The Balaban J connectivity index is 1.39. The number of fused-ring (bicyclic) bond motifs is 3. The molecule has 192 valence electrons. The normalized spacial score (nSPS) is 14.6. The topological polar surface area (TPSA) is 71.1 Å². The number of carbonyl (C=O) groups excluding carboxylic acids is 2. The van der Waals surface area contributed by atoms with E-state index in [-0.39, 0.29) is 24.9 Å². The van der Waals surface area contributed by atoms with Crippen LogP contribution >= 0.6 is 0 Å². The van der Waals surface area contributed by atoms with Crippen molar-refractivity contribution in [1.29, 1.82) is 0 Å². The Morgan fingerprint density at radius 1 is 1.00 bits per heavy atom. The second kappa shape index (κ2) is 10.6. The highest BCUT2D eigenvalue weighted by Crippen LogP contribution is 2.44. The molecule has 0 spiro atoms. The highest BCUT2D eigenvalue weighted by Gasteiger charge is 2.30. The summed E-state index contributed by atoms with van der Waals surface area (Å²) in [7, 11) is 3.11. The molecule has 0 unspecified atom stereocenters. The van der Waals surface area contributed by atoms with E-state index >= 15 is 0 Å². The third kappa shape index (κ3) is 4.91. The number of anilines is 2. The standard InChI is InChI=1S/C30H33N3O4/c1-20-27(16-21(18-29(34)36-3)17-28(20)33-14-12-31-13-15-33)32(2)30(35)37-19-26-24-10-6-4-8-22(24)23-9-5-7-11-25(23)26/h4-11,16-17,26,31H,12-15,18-19H2,1-3H3. The third-order valence-corrected chi connectivity index (χ3v) is 7.42. The minimum absolute atomic E-state index is 0.00656. The van der Waals surface area contributed by atoms with Gasteiger partial charge in [-0.05, 0) is 52.4 Å². The molecule has 1 saturated heterocycles. The number of nitrogens with one attached hydrogen (secondary N) is 1. The molecule has 7 heteroatoms. The van der Waals surface area contributed by atoms with Gasteiger partial charge in [0.25, 0.3) is 0 Å². The molecule has 3 aromatic rings. The molecule has 1 aliphatic carbocycles. The van der Waals surface area contributed by atoms with Crippen LogP contribution in [0, 0.1) is 6.92 Å². The Morgan fingerprint density at radius 3 is 2.24 bits per heavy atom. The average molecular weight is 500 g/mol. The molecule has 0 saturated carbocycles. The van der Waals surface area contributed by atoms with Gasteiger partial charge >= 0.3 is 12.1 Å². The van der Waals surface area contributed by atoms with Crippen LogP contribution in [0.4, 0.5) is 16.2 Å². The first-order valence-corrected chi connectivity index (χ1v) is 12.7. The van der Waals surface area contributed by atoms with Crippen LogP contribution in [0.1, 0.15) is 28.2 Å². The molecule has 5 rings (SSSR count). The number of benzene rings is 3. The number of piperazine rings is 1. The molecule has 1 aliphatic heterocycles. The van der Waals surface area contributed by atoms with Crippen molar-refractivity contribution in [3.05, 3.63) is 82.9 Å². The summed E-state index contributed by atoms with van der Waals surface area (Å²) in [6.45, 7) is 5.76. The van der Waals surface area contributed by atoms with E-state index in [4.69, 9.17) is 9.47 Å². The van der Waals surface area contributed by atoms with E-state index in [2.05, 4.69) is 34.5 Å². The van der Waals surface area contributed by atoms with Crippen LogP contribution in [-0.4, -0.2) is 59.0 Å². The fraction of sp³-hybridized carbons (Fsp3) is 0.333. The molecular formula is C30H33N3O4. The highest BCUT2D eigenvalue weighted by atomic mass is 16.6. The van der Waals surface area contributed by atoms with Crippen molar-refractivity contribution in [3.63, 3.8) is 0 Å². The number of methoxy groups -OCH3 is 1. The predicted molar refractivity (Wildman–Crippen MR) is 145 cm³/mol. The summed E-state index contributed by atoms with van der Waals surface area (Å²) in [4.78, 5) is 29.3.